The van der Waals surface area contributed by atoms with Gasteiger partial charge in [0.1, 0.15) is 11.4 Å². The van der Waals surface area contributed by atoms with Crippen LogP contribution >= 0.6 is 11.8 Å². The molecule has 0 unspecified atom stereocenters. The molecule has 1 fully saturated rings. The number of nitrogens with one attached hydrogen (secondary N) is 1. The van der Waals surface area contributed by atoms with E-state index >= 15 is 0 Å². The molecule has 0 saturated carbocycles. The van der Waals surface area contributed by atoms with Crippen LogP contribution in [0.3, 0.4) is 0 Å². The Morgan fingerprint density at radius 3 is 2.88 bits per heavy atom. The minimum absolute atomic E-state index is 0.0851. The monoisotopic (exact) mass is 345 g/mol. The van der Waals surface area contributed by atoms with Crippen molar-refractivity contribution in [3.8, 4) is 6.07 Å². The fourth-order valence-corrected chi connectivity index (χ4v) is 3.80. The molecule has 24 heavy (non-hydrogen) atoms. The molecule has 0 bridgehead atoms. The van der Waals surface area contributed by atoms with E-state index in [0.29, 0.717) is 11.5 Å². The van der Waals surface area contributed by atoms with Gasteiger partial charge in [-0.25, -0.2) is 4.39 Å². The van der Waals surface area contributed by atoms with Gasteiger partial charge in [0, 0.05) is 17.6 Å². The third kappa shape index (κ3) is 3.36. The standard InChI is InChI=1S/C16H16FN5OS/c17-11-1-3-12(4-2-11)20-16-13(15(19)23)8-22(21-16)14-5-6-24-9-10(14)7-18/h1-4,8,10,14H,5-6,9H2,(H2,19,23)(H,20,21)/t10-,14+/m0/s1. The van der Waals surface area contributed by atoms with Crippen molar-refractivity contribution in [2.45, 2.75) is 12.5 Å². The van der Waals surface area contributed by atoms with Crippen LogP contribution in [0.2, 0.25) is 0 Å². The molecule has 1 saturated heterocycles. The number of amides is 1. The van der Waals surface area contributed by atoms with E-state index in [1.54, 1.807) is 34.8 Å². The second kappa shape index (κ2) is 6.93. The van der Waals surface area contributed by atoms with Gasteiger partial charge in [-0.3, -0.25) is 9.48 Å². The Hall–Kier alpha value is -2.53. The Kier molecular flexibility index (Phi) is 4.71. The van der Waals surface area contributed by atoms with Crippen molar-refractivity contribution in [2.75, 3.05) is 16.8 Å². The molecule has 124 valence electrons. The summed E-state index contributed by atoms with van der Waals surface area (Å²) >= 11 is 1.74. The van der Waals surface area contributed by atoms with E-state index in [9.17, 15) is 14.4 Å². The maximum Gasteiger partial charge on any atom is 0.254 e. The molecule has 0 aliphatic carbocycles. The molecule has 3 N–H and O–H groups in total. The topological polar surface area (TPSA) is 96.7 Å². The van der Waals surface area contributed by atoms with Crippen LogP contribution in [0.15, 0.2) is 30.5 Å². The molecule has 2 atom stereocenters. The average Bonchev–Trinajstić information content (AvgIpc) is 3.01. The maximum atomic E-state index is 13.0. The smallest absolute Gasteiger partial charge is 0.254 e. The first-order valence-electron chi connectivity index (χ1n) is 7.47. The number of benzene rings is 1. The molecule has 3 rings (SSSR count). The summed E-state index contributed by atoms with van der Waals surface area (Å²) in [6.07, 6.45) is 2.39. The van der Waals surface area contributed by atoms with E-state index in [2.05, 4.69) is 16.5 Å². The lowest BCUT2D eigenvalue weighted by Crippen LogP contribution is -2.25. The van der Waals surface area contributed by atoms with Crippen LogP contribution in [0.1, 0.15) is 22.8 Å². The highest BCUT2D eigenvalue weighted by atomic mass is 32.2. The van der Waals surface area contributed by atoms with Crippen molar-refractivity contribution in [1.82, 2.24) is 9.78 Å². The maximum absolute atomic E-state index is 13.0. The number of halogens is 1. The highest BCUT2D eigenvalue weighted by Crippen LogP contribution is 2.33. The van der Waals surface area contributed by atoms with Gasteiger partial charge < -0.3 is 11.1 Å². The molecule has 1 aliphatic heterocycles. The van der Waals surface area contributed by atoms with Gasteiger partial charge in [-0.2, -0.15) is 22.1 Å². The van der Waals surface area contributed by atoms with E-state index < -0.39 is 5.91 Å². The summed E-state index contributed by atoms with van der Waals surface area (Å²) < 4.78 is 14.7. The SMILES string of the molecule is N#C[C@H]1CSCC[C@H]1n1cc(C(N)=O)c(Nc2ccc(F)cc2)n1. The van der Waals surface area contributed by atoms with Gasteiger partial charge in [0.25, 0.3) is 5.91 Å². The number of rotatable bonds is 4. The van der Waals surface area contributed by atoms with Crippen LogP contribution < -0.4 is 11.1 Å². The largest absolute Gasteiger partial charge is 0.365 e. The van der Waals surface area contributed by atoms with Crippen molar-refractivity contribution >= 4 is 29.2 Å². The summed E-state index contributed by atoms with van der Waals surface area (Å²) in [6.45, 7) is 0. The Labute approximate surface area is 142 Å². The van der Waals surface area contributed by atoms with Gasteiger partial charge in [-0.15, -0.1) is 0 Å². The van der Waals surface area contributed by atoms with Crippen LogP contribution in [0.5, 0.6) is 0 Å². The van der Waals surface area contributed by atoms with Crippen LogP contribution in [-0.4, -0.2) is 27.2 Å². The number of carbonyl (C=O) groups excluding carboxylic acids is 1. The number of nitriles is 1. The molecular weight excluding hydrogens is 329 g/mol. The molecule has 8 heteroatoms. The van der Waals surface area contributed by atoms with E-state index in [4.69, 9.17) is 5.73 Å². The average molecular weight is 345 g/mol. The highest BCUT2D eigenvalue weighted by Gasteiger charge is 2.29. The number of primary amides is 1. The number of carbonyl (C=O) groups is 1. The predicted molar refractivity (Wildman–Crippen MR) is 90.5 cm³/mol. The van der Waals surface area contributed by atoms with Crippen molar-refractivity contribution in [2.24, 2.45) is 11.7 Å². The number of aromatic nitrogens is 2. The lowest BCUT2D eigenvalue weighted by molar-refractivity contribution is 0.100. The molecule has 1 aromatic carbocycles. The van der Waals surface area contributed by atoms with E-state index in [1.807, 2.05) is 0 Å². The van der Waals surface area contributed by atoms with Gasteiger partial charge in [0.05, 0.1) is 18.0 Å². The van der Waals surface area contributed by atoms with Crippen molar-refractivity contribution in [1.29, 1.82) is 5.26 Å². The van der Waals surface area contributed by atoms with Gasteiger partial charge in [0.15, 0.2) is 5.82 Å². The molecule has 1 aliphatic rings. The fourth-order valence-electron chi connectivity index (χ4n) is 2.67. The third-order valence-corrected chi connectivity index (χ3v) is 5.05. The number of nitrogens with two attached hydrogens (primary N) is 1. The van der Waals surface area contributed by atoms with Gasteiger partial charge in [-0.1, -0.05) is 0 Å². The van der Waals surface area contributed by atoms with Gasteiger partial charge in [0.2, 0.25) is 0 Å². The zero-order valence-electron chi connectivity index (χ0n) is 12.8. The molecule has 1 amide bonds. The summed E-state index contributed by atoms with van der Waals surface area (Å²) in [5, 5.41) is 16.7. The van der Waals surface area contributed by atoms with E-state index in [-0.39, 0.29) is 23.3 Å². The van der Waals surface area contributed by atoms with Crippen LogP contribution in [0.4, 0.5) is 15.9 Å². The molecule has 0 radical (unpaired) electrons. The molecule has 0 spiro atoms. The minimum Gasteiger partial charge on any atom is -0.365 e. The number of nitrogens with zero attached hydrogens (tertiary/aromatic N) is 3. The molecule has 1 aromatic heterocycles. The normalized spacial score (nSPS) is 20.3. The zero-order valence-corrected chi connectivity index (χ0v) is 13.6. The lowest BCUT2D eigenvalue weighted by atomic mass is 10.0. The number of thioether (sulfide) groups is 1. The second-order valence-corrected chi connectivity index (χ2v) is 6.68. The summed E-state index contributed by atoms with van der Waals surface area (Å²) in [7, 11) is 0. The fraction of sp³-hybridized carbons (Fsp3) is 0.312. The lowest BCUT2D eigenvalue weighted by Gasteiger charge is -2.26. The van der Waals surface area contributed by atoms with Gasteiger partial charge >= 0.3 is 0 Å². The quantitative estimate of drug-likeness (QED) is 0.888. The molecular formula is C16H16FN5OS. The van der Waals surface area contributed by atoms with E-state index in [1.165, 1.54) is 12.1 Å². The molecule has 6 nitrogen and oxygen atoms in total. The second-order valence-electron chi connectivity index (χ2n) is 5.53. The van der Waals surface area contributed by atoms with Gasteiger partial charge in [-0.05, 0) is 36.4 Å². The summed E-state index contributed by atoms with van der Waals surface area (Å²) in [6, 6.07) is 7.95. The Morgan fingerprint density at radius 1 is 1.46 bits per heavy atom. The van der Waals surface area contributed by atoms with Crippen molar-refractivity contribution < 1.29 is 9.18 Å². The minimum atomic E-state index is -0.607. The predicted octanol–water partition coefficient (Wildman–Crippen LogP) is 2.68. The first-order chi connectivity index (χ1) is 11.6. The van der Waals surface area contributed by atoms with E-state index in [0.717, 1.165) is 17.9 Å². The number of hydrogen-bond donors (Lipinski definition) is 2. The third-order valence-electron chi connectivity index (χ3n) is 3.93. The molecule has 2 aromatic rings. The van der Waals surface area contributed by atoms with Crippen LogP contribution in [0.25, 0.3) is 0 Å². The Bertz CT molecular complexity index is 783. The highest BCUT2D eigenvalue weighted by molar-refractivity contribution is 7.99. The molecule has 2 heterocycles. The van der Waals surface area contributed by atoms with Crippen LogP contribution in [0, 0.1) is 23.1 Å². The Balaban J connectivity index is 1.91. The van der Waals surface area contributed by atoms with Crippen LogP contribution in [-0.2, 0) is 0 Å². The number of anilines is 2. The summed E-state index contributed by atoms with van der Waals surface area (Å²) in [5.74, 6) is 0.873. The first kappa shape index (κ1) is 16.3. The van der Waals surface area contributed by atoms with Crippen molar-refractivity contribution in [3.05, 3.63) is 41.8 Å². The van der Waals surface area contributed by atoms with Crippen molar-refractivity contribution in [3.63, 3.8) is 0 Å². The first-order valence-corrected chi connectivity index (χ1v) is 8.63. The number of hydrogen-bond acceptors (Lipinski definition) is 5. The Morgan fingerprint density at radius 2 is 2.21 bits per heavy atom. The summed E-state index contributed by atoms with van der Waals surface area (Å²) in [5.41, 5.74) is 6.28. The summed E-state index contributed by atoms with van der Waals surface area (Å²) in [4.78, 5) is 11.7. The zero-order chi connectivity index (χ0) is 17.1.